The van der Waals surface area contributed by atoms with Crippen LogP contribution in [0.5, 0.6) is 0 Å². The maximum absolute atomic E-state index is 11.5. The average Bonchev–Trinajstić information content (AvgIpc) is 2.60. The van der Waals surface area contributed by atoms with Crippen LogP contribution >= 0.6 is 11.5 Å². The number of anilines is 1. The smallest absolute Gasteiger partial charge is 0.340 e. The number of nitrogens with zero attached hydrogens (tertiary/aromatic N) is 1. The Hall–Kier alpha value is -1.47. The van der Waals surface area contributed by atoms with Gasteiger partial charge in [0, 0.05) is 20.1 Å². The minimum Gasteiger partial charge on any atom is -0.478 e. The van der Waals surface area contributed by atoms with Crippen molar-refractivity contribution < 1.29 is 19.4 Å². The van der Waals surface area contributed by atoms with Gasteiger partial charge in [-0.1, -0.05) is 0 Å². The number of carboxylic acid groups (broad SMARTS) is 1. The van der Waals surface area contributed by atoms with Crippen LogP contribution in [0.1, 0.15) is 28.9 Å². The van der Waals surface area contributed by atoms with Crippen molar-refractivity contribution in [3.8, 4) is 0 Å². The minimum atomic E-state index is -1.08. The molecule has 0 aliphatic rings. The molecule has 17 heavy (non-hydrogen) atoms. The molecule has 1 aromatic heterocycles. The van der Waals surface area contributed by atoms with Gasteiger partial charge in [-0.3, -0.25) is 4.79 Å². The molecule has 0 aliphatic carbocycles. The molecule has 0 aromatic carbocycles. The third kappa shape index (κ3) is 3.79. The summed E-state index contributed by atoms with van der Waals surface area (Å²) in [4.78, 5) is 22.4. The summed E-state index contributed by atoms with van der Waals surface area (Å²) in [6.07, 6.45) is 0.895. The summed E-state index contributed by atoms with van der Waals surface area (Å²) < 4.78 is 8.73. The van der Waals surface area contributed by atoms with E-state index in [1.807, 2.05) is 0 Å². The fourth-order valence-electron chi connectivity index (χ4n) is 1.27. The second-order valence-electron chi connectivity index (χ2n) is 3.42. The molecule has 2 N–H and O–H groups in total. The molecule has 1 heterocycles. The highest BCUT2D eigenvalue weighted by Crippen LogP contribution is 2.24. The Labute approximate surface area is 103 Å². The van der Waals surface area contributed by atoms with Gasteiger partial charge in [0.1, 0.15) is 10.6 Å². The molecule has 0 saturated carbocycles. The number of methoxy groups -OCH3 is 1. The first-order chi connectivity index (χ1) is 8.06. The molecule has 0 atom stereocenters. The second-order valence-corrected chi connectivity index (χ2v) is 4.20. The highest BCUT2D eigenvalue weighted by atomic mass is 32.1. The van der Waals surface area contributed by atoms with Crippen LogP contribution in [-0.4, -0.2) is 35.1 Å². The van der Waals surface area contributed by atoms with E-state index in [9.17, 15) is 9.59 Å². The van der Waals surface area contributed by atoms with E-state index in [1.165, 1.54) is 0 Å². The van der Waals surface area contributed by atoms with Gasteiger partial charge in [-0.05, 0) is 24.9 Å². The summed E-state index contributed by atoms with van der Waals surface area (Å²) in [5.74, 6) is -1.31. The number of aromatic carboxylic acids is 1. The Balaban J connectivity index is 2.62. The normalized spacial score (nSPS) is 10.2. The Kier molecular flexibility index (Phi) is 5.05. The molecule has 0 unspecified atom stereocenters. The lowest BCUT2D eigenvalue weighted by Crippen LogP contribution is -2.13. The van der Waals surface area contributed by atoms with Gasteiger partial charge in [0.05, 0.1) is 5.69 Å². The van der Waals surface area contributed by atoms with Crippen molar-refractivity contribution in [3.05, 3.63) is 11.3 Å². The molecule has 0 spiro atoms. The highest BCUT2D eigenvalue weighted by Gasteiger charge is 2.18. The van der Waals surface area contributed by atoms with Crippen LogP contribution in [0.25, 0.3) is 0 Å². The van der Waals surface area contributed by atoms with Gasteiger partial charge in [-0.15, -0.1) is 0 Å². The summed E-state index contributed by atoms with van der Waals surface area (Å²) >= 11 is 0.978. The number of rotatable bonds is 6. The van der Waals surface area contributed by atoms with Crippen LogP contribution in [0.3, 0.4) is 0 Å². The largest absolute Gasteiger partial charge is 0.478 e. The topological polar surface area (TPSA) is 88.5 Å². The maximum Gasteiger partial charge on any atom is 0.340 e. The van der Waals surface area contributed by atoms with Crippen LogP contribution < -0.4 is 5.32 Å². The van der Waals surface area contributed by atoms with Crippen LogP contribution in [0.2, 0.25) is 0 Å². The first-order valence-corrected chi connectivity index (χ1v) is 5.82. The van der Waals surface area contributed by atoms with Gasteiger partial charge < -0.3 is 15.2 Å². The van der Waals surface area contributed by atoms with Crippen molar-refractivity contribution in [1.82, 2.24) is 4.37 Å². The zero-order valence-corrected chi connectivity index (χ0v) is 10.5. The number of carbonyl (C=O) groups is 2. The summed E-state index contributed by atoms with van der Waals surface area (Å²) in [6.45, 7) is 2.10. The number of amides is 1. The molecule has 1 rings (SSSR count). The standard InChI is InChI=1S/C10H14N2O4S/c1-6-8(10(14)15)9(17-12-6)11-7(13)4-3-5-16-2/h3-5H2,1-2H3,(H,11,13)(H,14,15). The van der Waals surface area contributed by atoms with E-state index in [1.54, 1.807) is 14.0 Å². The van der Waals surface area contributed by atoms with Crippen molar-refractivity contribution in [1.29, 1.82) is 0 Å². The fourth-order valence-corrected chi connectivity index (χ4v) is 2.08. The predicted octanol–water partition coefficient (Wildman–Crippen LogP) is 1.51. The monoisotopic (exact) mass is 258 g/mol. The molecule has 0 saturated heterocycles. The van der Waals surface area contributed by atoms with Crippen molar-refractivity contribution in [3.63, 3.8) is 0 Å². The van der Waals surface area contributed by atoms with Crippen molar-refractivity contribution in [2.75, 3.05) is 19.0 Å². The number of carboxylic acids is 1. The van der Waals surface area contributed by atoms with Crippen LogP contribution in [0, 0.1) is 6.92 Å². The Morgan fingerprint density at radius 1 is 1.53 bits per heavy atom. The number of hydrogen-bond acceptors (Lipinski definition) is 5. The van der Waals surface area contributed by atoms with Gasteiger partial charge >= 0.3 is 5.97 Å². The molecule has 6 nitrogen and oxygen atoms in total. The first kappa shape index (κ1) is 13.6. The molecule has 0 radical (unpaired) electrons. The van der Waals surface area contributed by atoms with Gasteiger partial charge in [0.2, 0.25) is 5.91 Å². The summed E-state index contributed by atoms with van der Waals surface area (Å²) in [5.41, 5.74) is 0.477. The van der Waals surface area contributed by atoms with Gasteiger partial charge in [-0.2, -0.15) is 4.37 Å². The number of hydrogen-bond donors (Lipinski definition) is 2. The van der Waals surface area contributed by atoms with Crippen molar-refractivity contribution in [2.24, 2.45) is 0 Å². The summed E-state index contributed by atoms with van der Waals surface area (Å²) in [7, 11) is 1.56. The van der Waals surface area contributed by atoms with Crippen molar-refractivity contribution in [2.45, 2.75) is 19.8 Å². The molecule has 1 amide bonds. The van der Waals surface area contributed by atoms with Crippen LogP contribution in [0.15, 0.2) is 0 Å². The molecule has 0 fully saturated rings. The summed E-state index contributed by atoms with van der Waals surface area (Å²) in [5, 5.41) is 11.8. The number of ether oxygens (including phenoxy) is 1. The Bertz CT molecular complexity index is 416. The van der Waals surface area contributed by atoms with Crippen LogP contribution in [0.4, 0.5) is 5.00 Å². The van der Waals surface area contributed by atoms with Crippen LogP contribution in [-0.2, 0) is 9.53 Å². The second kappa shape index (κ2) is 6.31. The maximum atomic E-state index is 11.5. The van der Waals surface area contributed by atoms with Gasteiger partial charge in [0.25, 0.3) is 0 Å². The molecular weight excluding hydrogens is 244 g/mol. The first-order valence-electron chi connectivity index (χ1n) is 5.04. The number of nitrogens with one attached hydrogen (secondary N) is 1. The third-order valence-corrected chi connectivity index (χ3v) is 2.94. The van der Waals surface area contributed by atoms with Gasteiger partial charge in [-0.25, -0.2) is 4.79 Å². The molecule has 0 bridgehead atoms. The molecule has 0 aliphatic heterocycles. The lowest BCUT2D eigenvalue weighted by Gasteiger charge is -2.03. The van der Waals surface area contributed by atoms with E-state index in [4.69, 9.17) is 9.84 Å². The third-order valence-electron chi connectivity index (χ3n) is 2.08. The molecule has 1 aromatic rings. The molecular formula is C10H14N2O4S. The molecule has 7 heteroatoms. The highest BCUT2D eigenvalue weighted by molar-refractivity contribution is 7.11. The average molecular weight is 258 g/mol. The SMILES string of the molecule is COCCCC(=O)Nc1snc(C)c1C(=O)O. The van der Waals surface area contributed by atoms with Gasteiger partial charge in [0.15, 0.2) is 0 Å². The Morgan fingerprint density at radius 3 is 2.82 bits per heavy atom. The fraction of sp³-hybridized carbons (Fsp3) is 0.500. The van der Waals surface area contributed by atoms with E-state index in [0.717, 1.165) is 11.5 Å². The quantitative estimate of drug-likeness (QED) is 0.755. The molecule has 94 valence electrons. The lowest BCUT2D eigenvalue weighted by molar-refractivity contribution is -0.116. The van der Waals surface area contributed by atoms with E-state index >= 15 is 0 Å². The number of aryl methyl sites for hydroxylation is 1. The van der Waals surface area contributed by atoms with E-state index < -0.39 is 5.97 Å². The minimum absolute atomic E-state index is 0.0649. The Morgan fingerprint density at radius 2 is 2.24 bits per heavy atom. The number of aromatic nitrogens is 1. The zero-order chi connectivity index (χ0) is 12.8. The van der Waals surface area contributed by atoms with Crippen molar-refractivity contribution >= 4 is 28.4 Å². The van der Waals surface area contributed by atoms with E-state index in [-0.39, 0.29) is 16.5 Å². The zero-order valence-electron chi connectivity index (χ0n) is 9.65. The predicted molar refractivity (Wildman–Crippen MR) is 63.6 cm³/mol. The number of carbonyl (C=O) groups excluding carboxylic acids is 1. The lowest BCUT2D eigenvalue weighted by atomic mass is 10.2. The summed E-state index contributed by atoms with van der Waals surface area (Å²) in [6, 6.07) is 0. The van der Waals surface area contributed by atoms with E-state index in [2.05, 4.69) is 9.69 Å². The van der Waals surface area contributed by atoms with E-state index in [0.29, 0.717) is 25.1 Å².